The predicted molar refractivity (Wildman–Crippen MR) is 76.7 cm³/mol. The topological polar surface area (TPSA) is 9.23 Å². The lowest BCUT2D eigenvalue weighted by atomic mass is 10.2. The number of hydrogen-bond donors (Lipinski definition) is 0. The molecular weight excluding hydrogens is 315 g/mol. The van der Waals surface area contributed by atoms with Gasteiger partial charge in [-0.25, -0.2) is 4.39 Å². The SMILES string of the molecule is COc1ccc(SCc2ccc(F)cc2Br)cc1. The predicted octanol–water partition coefficient (Wildman–Crippen LogP) is 4.89. The van der Waals surface area contributed by atoms with E-state index in [-0.39, 0.29) is 5.82 Å². The van der Waals surface area contributed by atoms with Gasteiger partial charge < -0.3 is 4.74 Å². The number of rotatable bonds is 4. The van der Waals surface area contributed by atoms with E-state index < -0.39 is 0 Å². The van der Waals surface area contributed by atoms with E-state index >= 15 is 0 Å². The number of benzene rings is 2. The maximum absolute atomic E-state index is 12.9. The van der Waals surface area contributed by atoms with Crippen LogP contribution in [-0.4, -0.2) is 7.11 Å². The Labute approximate surface area is 118 Å². The molecule has 0 fully saturated rings. The summed E-state index contributed by atoms with van der Waals surface area (Å²) in [7, 11) is 1.65. The molecule has 0 heterocycles. The Bertz CT molecular complexity index is 528. The highest BCUT2D eigenvalue weighted by Crippen LogP contribution is 2.28. The summed E-state index contributed by atoms with van der Waals surface area (Å²) in [5.74, 6) is 1.43. The first-order valence-corrected chi connectivity index (χ1v) is 7.17. The lowest BCUT2D eigenvalue weighted by molar-refractivity contribution is 0.414. The van der Waals surface area contributed by atoms with Crippen LogP contribution in [0, 0.1) is 5.82 Å². The van der Waals surface area contributed by atoms with Crippen molar-refractivity contribution in [3.63, 3.8) is 0 Å². The fraction of sp³-hybridized carbons (Fsp3) is 0.143. The van der Waals surface area contributed by atoms with Crippen molar-refractivity contribution in [2.75, 3.05) is 7.11 Å². The number of thioether (sulfide) groups is 1. The van der Waals surface area contributed by atoms with Gasteiger partial charge >= 0.3 is 0 Å². The molecule has 1 nitrogen and oxygen atoms in total. The largest absolute Gasteiger partial charge is 0.497 e. The molecular formula is C14H12BrFOS. The Hall–Kier alpha value is -1.00. The molecule has 0 radical (unpaired) electrons. The van der Waals surface area contributed by atoms with E-state index in [4.69, 9.17) is 4.74 Å². The molecule has 0 saturated carbocycles. The van der Waals surface area contributed by atoms with Crippen LogP contribution in [0.2, 0.25) is 0 Å². The van der Waals surface area contributed by atoms with Crippen LogP contribution in [-0.2, 0) is 5.75 Å². The molecule has 4 heteroatoms. The van der Waals surface area contributed by atoms with Gasteiger partial charge in [-0.2, -0.15) is 0 Å². The van der Waals surface area contributed by atoms with Gasteiger partial charge in [-0.15, -0.1) is 11.8 Å². The summed E-state index contributed by atoms with van der Waals surface area (Å²) >= 11 is 5.07. The highest BCUT2D eigenvalue weighted by Gasteiger charge is 2.03. The van der Waals surface area contributed by atoms with E-state index in [0.29, 0.717) is 0 Å². The smallest absolute Gasteiger partial charge is 0.124 e. The summed E-state index contributed by atoms with van der Waals surface area (Å²) in [6.45, 7) is 0. The summed E-state index contributed by atoms with van der Waals surface area (Å²) in [6.07, 6.45) is 0. The fourth-order valence-corrected chi connectivity index (χ4v) is 3.05. The Morgan fingerprint density at radius 2 is 1.89 bits per heavy atom. The molecule has 2 aromatic rings. The zero-order valence-electron chi connectivity index (χ0n) is 9.82. The summed E-state index contributed by atoms with van der Waals surface area (Å²) < 4.78 is 18.9. The third-order valence-corrected chi connectivity index (χ3v) is 4.27. The second-order valence-electron chi connectivity index (χ2n) is 3.70. The number of hydrogen-bond acceptors (Lipinski definition) is 2. The summed E-state index contributed by atoms with van der Waals surface area (Å²) in [5.41, 5.74) is 1.08. The van der Waals surface area contributed by atoms with Crippen LogP contribution in [0.15, 0.2) is 51.8 Å². The highest BCUT2D eigenvalue weighted by molar-refractivity contribution is 9.10. The van der Waals surface area contributed by atoms with Gasteiger partial charge in [0.1, 0.15) is 11.6 Å². The van der Waals surface area contributed by atoms with Crippen LogP contribution in [0.25, 0.3) is 0 Å². The Morgan fingerprint density at radius 3 is 2.50 bits per heavy atom. The summed E-state index contributed by atoms with van der Waals surface area (Å²) in [5, 5.41) is 0. The molecule has 0 aliphatic heterocycles. The van der Waals surface area contributed by atoms with Crippen molar-refractivity contribution in [3.8, 4) is 5.75 Å². The van der Waals surface area contributed by atoms with Gasteiger partial charge in [0.15, 0.2) is 0 Å². The maximum Gasteiger partial charge on any atom is 0.124 e. The van der Waals surface area contributed by atoms with Crippen molar-refractivity contribution >= 4 is 27.7 Å². The lowest BCUT2D eigenvalue weighted by Crippen LogP contribution is -1.85. The normalized spacial score (nSPS) is 10.4. The molecule has 94 valence electrons. The molecule has 2 aromatic carbocycles. The molecule has 0 amide bonds. The van der Waals surface area contributed by atoms with E-state index in [1.165, 1.54) is 12.1 Å². The monoisotopic (exact) mass is 326 g/mol. The molecule has 0 atom stereocenters. The molecule has 0 aliphatic rings. The first-order chi connectivity index (χ1) is 8.69. The van der Waals surface area contributed by atoms with E-state index in [2.05, 4.69) is 15.9 Å². The number of halogens is 2. The van der Waals surface area contributed by atoms with Gasteiger partial charge in [0.05, 0.1) is 7.11 Å². The van der Waals surface area contributed by atoms with Crippen molar-refractivity contribution in [2.45, 2.75) is 10.6 Å². The minimum absolute atomic E-state index is 0.222. The Balaban J connectivity index is 2.02. The summed E-state index contributed by atoms with van der Waals surface area (Å²) in [4.78, 5) is 1.16. The molecule has 0 unspecified atom stereocenters. The zero-order valence-corrected chi connectivity index (χ0v) is 12.2. The van der Waals surface area contributed by atoms with Crippen molar-refractivity contribution in [1.82, 2.24) is 0 Å². The quantitative estimate of drug-likeness (QED) is 0.740. The van der Waals surface area contributed by atoms with E-state index in [1.54, 1.807) is 24.9 Å². The van der Waals surface area contributed by atoms with Gasteiger partial charge in [0.2, 0.25) is 0 Å². The average molecular weight is 327 g/mol. The van der Waals surface area contributed by atoms with E-state index in [0.717, 1.165) is 26.4 Å². The van der Waals surface area contributed by atoms with Gasteiger partial charge in [-0.05, 0) is 42.0 Å². The first kappa shape index (κ1) is 13.4. The lowest BCUT2D eigenvalue weighted by Gasteiger charge is -2.05. The average Bonchev–Trinajstić information content (AvgIpc) is 2.38. The molecule has 0 bridgehead atoms. The van der Waals surface area contributed by atoms with E-state index in [1.807, 2.05) is 24.3 Å². The first-order valence-electron chi connectivity index (χ1n) is 5.40. The fourth-order valence-electron chi connectivity index (χ4n) is 1.47. The number of ether oxygens (including phenoxy) is 1. The van der Waals surface area contributed by atoms with Crippen LogP contribution in [0.1, 0.15) is 5.56 Å². The van der Waals surface area contributed by atoms with Gasteiger partial charge in [0.25, 0.3) is 0 Å². The molecule has 0 saturated heterocycles. The van der Waals surface area contributed by atoms with Crippen LogP contribution in [0.5, 0.6) is 5.75 Å². The third kappa shape index (κ3) is 3.50. The van der Waals surface area contributed by atoms with Crippen molar-refractivity contribution < 1.29 is 9.13 Å². The molecule has 0 aliphatic carbocycles. The van der Waals surface area contributed by atoms with Gasteiger partial charge in [-0.3, -0.25) is 0 Å². The standard InChI is InChI=1S/C14H12BrFOS/c1-17-12-4-6-13(7-5-12)18-9-10-2-3-11(16)8-14(10)15/h2-8H,9H2,1H3. The molecule has 0 spiro atoms. The Kier molecular flexibility index (Phi) is 4.66. The minimum Gasteiger partial charge on any atom is -0.497 e. The molecule has 18 heavy (non-hydrogen) atoms. The second-order valence-corrected chi connectivity index (χ2v) is 5.60. The van der Waals surface area contributed by atoms with Gasteiger partial charge in [-0.1, -0.05) is 22.0 Å². The third-order valence-electron chi connectivity index (χ3n) is 2.47. The Morgan fingerprint density at radius 1 is 1.17 bits per heavy atom. The maximum atomic E-state index is 12.9. The second kappa shape index (κ2) is 6.25. The van der Waals surface area contributed by atoms with Gasteiger partial charge in [0, 0.05) is 15.1 Å². The molecule has 0 aromatic heterocycles. The number of methoxy groups -OCH3 is 1. The van der Waals surface area contributed by atoms with E-state index in [9.17, 15) is 4.39 Å². The molecule has 2 rings (SSSR count). The van der Waals surface area contributed by atoms with Crippen LogP contribution >= 0.6 is 27.7 Å². The van der Waals surface area contributed by atoms with Crippen LogP contribution in [0.3, 0.4) is 0 Å². The molecule has 0 N–H and O–H groups in total. The zero-order chi connectivity index (χ0) is 13.0. The summed E-state index contributed by atoms with van der Waals surface area (Å²) in [6, 6.07) is 12.7. The van der Waals surface area contributed by atoms with Crippen molar-refractivity contribution in [1.29, 1.82) is 0 Å². The van der Waals surface area contributed by atoms with Crippen molar-refractivity contribution in [2.24, 2.45) is 0 Å². The highest BCUT2D eigenvalue weighted by atomic mass is 79.9. The van der Waals surface area contributed by atoms with Crippen LogP contribution < -0.4 is 4.74 Å². The van der Waals surface area contributed by atoms with Crippen molar-refractivity contribution in [3.05, 3.63) is 58.3 Å². The minimum atomic E-state index is -0.222. The van der Waals surface area contributed by atoms with Crippen LogP contribution in [0.4, 0.5) is 4.39 Å².